The number of aliphatic hydroxyl groups excluding tert-OH is 1. The van der Waals surface area contributed by atoms with Crippen molar-refractivity contribution in [3.63, 3.8) is 0 Å². The van der Waals surface area contributed by atoms with Crippen LogP contribution in [0.3, 0.4) is 0 Å². The third kappa shape index (κ3) is 1.28. The molecule has 1 heterocycles. The van der Waals surface area contributed by atoms with Crippen LogP contribution >= 0.6 is 11.6 Å². The van der Waals surface area contributed by atoms with Crippen molar-refractivity contribution in [2.75, 3.05) is 0 Å². The normalized spacial score (nSPS) is 9.90. The number of hydrogen-bond acceptors (Lipinski definition) is 2. The fraction of sp³-hybridized carbons (Fsp3) is 0.286. The summed E-state index contributed by atoms with van der Waals surface area (Å²) in [4.78, 5) is 3.82. The lowest BCUT2D eigenvalue weighted by Crippen LogP contribution is -1.91. The van der Waals surface area contributed by atoms with Crippen molar-refractivity contribution in [2.45, 2.75) is 13.5 Å². The van der Waals surface area contributed by atoms with Crippen molar-refractivity contribution in [2.24, 2.45) is 0 Å². The molecule has 1 aromatic heterocycles. The first-order valence-corrected chi connectivity index (χ1v) is 3.34. The Bertz CT molecular complexity index is 217. The third-order valence-electron chi connectivity index (χ3n) is 1.40. The van der Waals surface area contributed by atoms with Crippen LogP contribution in [0.1, 0.15) is 11.1 Å². The quantitative estimate of drug-likeness (QED) is 0.628. The van der Waals surface area contributed by atoms with Crippen LogP contribution in [0.25, 0.3) is 0 Å². The van der Waals surface area contributed by atoms with E-state index in [4.69, 9.17) is 16.7 Å². The van der Waals surface area contributed by atoms with Crippen molar-refractivity contribution in [1.82, 2.24) is 4.98 Å². The number of aliphatic hydroxyl groups is 1. The maximum absolute atomic E-state index is 8.77. The first-order chi connectivity index (χ1) is 4.75. The van der Waals surface area contributed by atoms with Crippen LogP contribution in [-0.4, -0.2) is 10.1 Å². The van der Waals surface area contributed by atoms with Gasteiger partial charge in [-0.2, -0.15) is 0 Å². The van der Waals surface area contributed by atoms with E-state index >= 15 is 0 Å². The molecule has 0 atom stereocenters. The average Bonchev–Trinajstić information content (AvgIpc) is 1.88. The second-order valence-corrected chi connectivity index (χ2v) is 2.41. The Morgan fingerprint density at radius 1 is 1.70 bits per heavy atom. The molecule has 0 unspecified atom stereocenters. The monoisotopic (exact) mass is 157 g/mol. The molecule has 0 spiro atoms. The zero-order chi connectivity index (χ0) is 7.56. The molecule has 10 heavy (non-hydrogen) atoms. The van der Waals surface area contributed by atoms with Crippen LogP contribution in [0.5, 0.6) is 0 Å². The fourth-order valence-corrected chi connectivity index (χ4v) is 1.01. The van der Waals surface area contributed by atoms with E-state index in [1.54, 1.807) is 6.20 Å². The summed E-state index contributed by atoms with van der Waals surface area (Å²) in [7, 11) is 0. The van der Waals surface area contributed by atoms with Crippen molar-refractivity contribution >= 4 is 11.6 Å². The number of nitrogens with zero attached hydrogens (tertiary/aromatic N) is 1. The molecule has 1 N–H and O–H groups in total. The Balaban J connectivity index is 3.17. The van der Waals surface area contributed by atoms with Crippen LogP contribution in [0.15, 0.2) is 12.3 Å². The summed E-state index contributed by atoms with van der Waals surface area (Å²) in [6, 6.07) is 1.82. The molecule has 0 aromatic carbocycles. The van der Waals surface area contributed by atoms with Crippen LogP contribution in [-0.2, 0) is 6.61 Å². The van der Waals surface area contributed by atoms with Gasteiger partial charge >= 0.3 is 0 Å². The van der Waals surface area contributed by atoms with E-state index in [9.17, 15) is 0 Å². The maximum atomic E-state index is 8.77. The van der Waals surface area contributed by atoms with Crippen LogP contribution < -0.4 is 0 Å². The van der Waals surface area contributed by atoms with Gasteiger partial charge in [0.25, 0.3) is 0 Å². The van der Waals surface area contributed by atoms with E-state index in [1.165, 1.54) is 0 Å². The van der Waals surface area contributed by atoms with Gasteiger partial charge in [-0.05, 0) is 18.6 Å². The standard InChI is InChI=1S/C7H8ClNO/c1-5-2-3-9-7(8)6(5)4-10/h2-3,10H,4H2,1H3. The molecule has 0 bridgehead atoms. The van der Waals surface area contributed by atoms with Gasteiger partial charge in [0.05, 0.1) is 6.61 Å². The molecule has 0 fully saturated rings. The van der Waals surface area contributed by atoms with Gasteiger partial charge in [-0.3, -0.25) is 0 Å². The Morgan fingerprint density at radius 2 is 2.40 bits per heavy atom. The van der Waals surface area contributed by atoms with Crippen LogP contribution in [0.2, 0.25) is 5.15 Å². The third-order valence-corrected chi connectivity index (χ3v) is 1.72. The number of hydrogen-bond donors (Lipinski definition) is 1. The minimum absolute atomic E-state index is 0.0431. The maximum Gasteiger partial charge on any atom is 0.134 e. The first-order valence-electron chi connectivity index (χ1n) is 2.96. The highest BCUT2D eigenvalue weighted by Gasteiger charge is 2.01. The first kappa shape index (κ1) is 7.51. The van der Waals surface area contributed by atoms with Crippen molar-refractivity contribution in [3.8, 4) is 0 Å². The molecule has 1 rings (SSSR count). The lowest BCUT2D eigenvalue weighted by molar-refractivity contribution is 0.280. The summed E-state index contributed by atoms with van der Waals surface area (Å²) in [5.74, 6) is 0. The minimum Gasteiger partial charge on any atom is -0.392 e. The fourth-order valence-electron chi connectivity index (χ4n) is 0.746. The number of halogens is 1. The van der Waals surface area contributed by atoms with Crippen LogP contribution in [0, 0.1) is 6.92 Å². The number of aryl methyl sites for hydroxylation is 1. The second kappa shape index (κ2) is 2.99. The molecule has 54 valence electrons. The molecule has 1 aromatic rings. The lowest BCUT2D eigenvalue weighted by Gasteiger charge is -2.01. The smallest absolute Gasteiger partial charge is 0.134 e. The molecule has 0 aliphatic carbocycles. The molecular weight excluding hydrogens is 150 g/mol. The Kier molecular flexibility index (Phi) is 2.25. The van der Waals surface area contributed by atoms with E-state index in [1.807, 2.05) is 13.0 Å². The molecule has 0 radical (unpaired) electrons. The van der Waals surface area contributed by atoms with E-state index in [-0.39, 0.29) is 6.61 Å². The van der Waals surface area contributed by atoms with Gasteiger partial charge in [0.15, 0.2) is 0 Å². The van der Waals surface area contributed by atoms with Gasteiger partial charge in [0, 0.05) is 11.8 Å². The Hall–Kier alpha value is -0.600. The Morgan fingerprint density at radius 3 is 2.80 bits per heavy atom. The summed E-state index contributed by atoms with van der Waals surface area (Å²) in [5, 5.41) is 9.17. The van der Waals surface area contributed by atoms with Gasteiger partial charge in [0.1, 0.15) is 5.15 Å². The molecule has 3 heteroatoms. The highest BCUT2D eigenvalue weighted by molar-refractivity contribution is 6.30. The highest BCUT2D eigenvalue weighted by atomic mass is 35.5. The van der Waals surface area contributed by atoms with Gasteiger partial charge < -0.3 is 5.11 Å². The summed E-state index contributed by atoms with van der Waals surface area (Å²) in [6.45, 7) is 1.84. The molecule has 0 aliphatic rings. The van der Waals surface area contributed by atoms with Crippen molar-refractivity contribution in [3.05, 3.63) is 28.5 Å². The summed E-state index contributed by atoms with van der Waals surface area (Å²) >= 11 is 5.66. The topological polar surface area (TPSA) is 33.1 Å². The van der Waals surface area contributed by atoms with Gasteiger partial charge in [-0.15, -0.1) is 0 Å². The van der Waals surface area contributed by atoms with Gasteiger partial charge in [-0.25, -0.2) is 4.98 Å². The summed E-state index contributed by atoms with van der Waals surface area (Å²) in [5.41, 5.74) is 1.69. The number of aromatic nitrogens is 1. The molecular formula is C7H8ClNO. The molecule has 0 aliphatic heterocycles. The van der Waals surface area contributed by atoms with E-state index in [0.717, 1.165) is 5.56 Å². The molecule has 0 saturated heterocycles. The number of rotatable bonds is 1. The Labute approximate surface area is 64.5 Å². The second-order valence-electron chi connectivity index (χ2n) is 2.06. The lowest BCUT2D eigenvalue weighted by atomic mass is 10.2. The zero-order valence-electron chi connectivity index (χ0n) is 5.63. The van der Waals surface area contributed by atoms with E-state index < -0.39 is 0 Å². The SMILES string of the molecule is Cc1ccnc(Cl)c1CO. The summed E-state index contributed by atoms with van der Waals surface area (Å²) < 4.78 is 0. The highest BCUT2D eigenvalue weighted by Crippen LogP contribution is 2.15. The van der Waals surface area contributed by atoms with E-state index in [0.29, 0.717) is 10.7 Å². The van der Waals surface area contributed by atoms with Gasteiger partial charge in [-0.1, -0.05) is 11.6 Å². The largest absolute Gasteiger partial charge is 0.392 e. The minimum atomic E-state index is -0.0431. The van der Waals surface area contributed by atoms with Crippen LogP contribution in [0.4, 0.5) is 0 Å². The molecule has 0 saturated carbocycles. The molecule has 0 amide bonds. The number of pyridine rings is 1. The van der Waals surface area contributed by atoms with Gasteiger partial charge in [0.2, 0.25) is 0 Å². The van der Waals surface area contributed by atoms with E-state index in [2.05, 4.69) is 4.98 Å². The predicted octanol–water partition coefficient (Wildman–Crippen LogP) is 1.54. The summed E-state index contributed by atoms with van der Waals surface area (Å²) in [6.07, 6.45) is 1.62. The predicted molar refractivity (Wildman–Crippen MR) is 39.9 cm³/mol. The van der Waals surface area contributed by atoms with Crippen molar-refractivity contribution < 1.29 is 5.11 Å². The molecule has 2 nitrogen and oxygen atoms in total. The zero-order valence-corrected chi connectivity index (χ0v) is 6.39. The van der Waals surface area contributed by atoms with Crippen molar-refractivity contribution in [1.29, 1.82) is 0 Å². The average molecular weight is 158 g/mol.